The fourth-order valence-corrected chi connectivity index (χ4v) is 3.74. The molecule has 1 heterocycles. The van der Waals surface area contributed by atoms with Gasteiger partial charge in [0.2, 0.25) is 0 Å². The Balaban J connectivity index is 1.74. The molecule has 3 aromatic carbocycles. The molecule has 0 aliphatic heterocycles. The first kappa shape index (κ1) is 18.4. The van der Waals surface area contributed by atoms with Crippen LogP contribution in [0.2, 0.25) is 0 Å². The number of aryl methyl sites for hydroxylation is 1. The SMILES string of the molecule is Cc1ccc(-n2c(SCc3ccc(F)cc3)nnc2-c2ccccc2F)cc1. The van der Waals surface area contributed by atoms with Gasteiger partial charge in [-0.3, -0.25) is 4.57 Å². The first-order valence-corrected chi connectivity index (χ1v) is 9.75. The average Bonchev–Trinajstić information content (AvgIpc) is 3.12. The summed E-state index contributed by atoms with van der Waals surface area (Å²) in [5, 5.41) is 9.21. The van der Waals surface area contributed by atoms with Crippen molar-refractivity contribution in [1.82, 2.24) is 14.8 Å². The third-order valence-corrected chi connectivity index (χ3v) is 5.32. The molecule has 6 heteroatoms. The van der Waals surface area contributed by atoms with E-state index in [2.05, 4.69) is 10.2 Å². The number of rotatable bonds is 5. The Morgan fingerprint density at radius 3 is 2.29 bits per heavy atom. The van der Waals surface area contributed by atoms with Gasteiger partial charge in [0.1, 0.15) is 11.6 Å². The van der Waals surface area contributed by atoms with E-state index in [9.17, 15) is 8.78 Å². The maximum Gasteiger partial charge on any atom is 0.196 e. The van der Waals surface area contributed by atoms with Crippen molar-refractivity contribution >= 4 is 11.8 Å². The number of hydrogen-bond donors (Lipinski definition) is 0. The summed E-state index contributed by atoms with van der Waals surface area (Å²) in [6.07, 6.45) is 0. The van der Waals surface area contributed by atoms with Crippen molar-refractivity contribution in [2.75, 3.05) is 0 Å². The number of thioether (sulfide) groups is 1. The van der Waals surface area contributed by atoms with E-state index < -0.39 is 0 Å². The summed E-state index contributed by atoms with van der Waals surface area (Å²) in [7, 11) is 0. The third kappa shape index (κ3) is 3.82. The fraction of sp³-hybridized carbons (Fsp3) is 0.0909. The number of nitrogens with zero attached hydrogens (tertiary/aromatic N) is 3. The van der Waals surface area contributed by atoms with Gasteiger partial charge >= 0.3 is 0 Å². The van der Waals surface area contributed by atoms with Crippen LogP contribution in [0.4, 0.5) is 8.78 Å². The Morgan fingerprint density at radius 1 is 0.857 bits per heavy atom. The molecule has 0 atom stereocenters. The van der Waals surface area contributed by atoms with E-state index >= 15 is 0 Å². The van der Waals surface area contributed by atoms with Crippen LogP contribution in [0.3, 0.4) is 0 Å². The van der Waals surface area contributed by atoms with Gasteiger partial charge in [0, 0.05) is 11.4 Å². The molecule has 0 bridgehead atoms. The fourth-order valence-electron chi connectivity index (χ4n) is 2.84. The highest BCUT2D eigenvalue weighted by molar-refractivity contribution is 7.98. The van der Waals surface area contributed by atoms with Crippen LogP contribution in [-0.2, 0) is 5.75 Å². The van der Waals surface area contributed by atoms with Crippen molar-refractivity contribution in [2.45, 2.75) is 17.8 Å². The van der Waals surface area contributed by atoms with Crippen molar-refractivity contribution in [3.8, 4) is 17.1 Å². The van der Waals surface area contributed by atoms with Crippen molar-refractivity contribution in [2.24, 2.45) is 0 Å². The summed E-state index contributed by atoms with van der Waals surface area (Å²) >= 11 is 1.47. The number of hydrogen-bond acceptors (Lipinski definition) is 3. The van der Waals surface area contributed by atoms with Crippen molar-refractivity contribution in [1.29, 1.82) is 0 Å². The second kappa shape index (κ2) is 7.94. The Kier molecular flexibility index (Phi) is 5.21. The topological polar surface area (TPSA) is 30.7 Å². The van der Waals surface area contributed by atoms with Gasteiger partial charge in [0.05, 0.1) is 5.56 Å². The minimum Gasteiger partial charge on any atom is -0.270 e. The summed E-state index contributed by atoms with van der Waals surface area (Å²) in [6.45, 7) is 2.01. The van der Waals surface area contributed by atoms with Crippen molar-refractivity contribution < 1.29 is 8.78 Å². The summed E-state index contributed by atoms with van der Waals surface area (Å²) in [4.78, 5) is 0. The van der Waals surface area contributed by atoms with Gasteiger partial charge in [-0.25, -0.2) is 8.78 Å². The van der Waals surface area contributed by atoms with Crippen LogP contribution in [0.1, 0.15) is 11.1 Å². The lowest BCUT2D eigenvalue weighted by Crippen LogP contribution is -2.01. The van der Waals surface area contributed by atoms with Crippen LogP contribution in [0, 0.1) is 18.6 Å². The molecule has 1 aromatic heterocycles. The molecule has 0 aliphatic carbocycles. The van der Waals surface area contributed by atoms with Crippen LogP contribution in [0.5, 0.6) is 0 Å². The zero-order valence-electron chi connectivity index (χ0n) is 15.1. The van der Waals surface area contributed by atoms with Gasteiger partial charge in [-0.05, 0) is 48.9 Å². The lowest BCUT2D eigenvalue weighted by atomic mass is 10.2. The maximum absolute atomic E-state index is 14.4. The van der Waals surface area contributed by atoms with E-state index in [1.807, 2.05) is 35.8 Å². The smallest absolute Gasteiger partial charge is 0.196 e. The van der Waals surface area contributed by atoms with Crippen LogP contribution in [-0.4, -0.2) is 14.8 Å². The van der Waals surface area contributed by atoms with E-state index in [1.165, 1.54) is 30.0 Å². The lowest BCUT2D eigenvalue weighted by Gasteiger charge is -2.11. The molecule has 0 radical (unpaired) electrons. The van der Waals surface area contributed by atoms with E-state index in [0.717, 1.165) is 16.8 Å². The molecule has 3 nitrogen and oxygen atoms in total. The predicted octanol–water partition coefficient (Wildman–Crippen LogP) is 5.81. The van der Waals surface area contributed by atoms with Gasteiger partial charge < -0.3 is 0 Å². The largest absolute Gasteiger partial charge is 0.270 e. The summed E-state index contributed by atoms with van der Waals surface area (Å²) in [6, 6.07) is 20.8. The molecular weight excluding hydrogens is 376 g/mol. The molecular formula is C22H17F2N3S. The lowest BCUT2D eigenvalue weighted by molar-refractivity contribution is 0.627. The van der Waals surface area contributed by atoms with E-state index in [1.54, 1.807) is 30.3 Å². The second-order valence-electron chi connectivity index (χ2n) is 6.37. The quantitative estimate of drug-likeness (QED) is 0.401. The molecule has 0 saturated heterocycles. The summed E-state index contributed by atoms with van der Waals surface area (Å²) < 4.78 is 29.4. The van der Waals surface area contributed by atoms with Gasteiger partial charge in [-0.2, -0.15) is 0 Å². The van der Waals surface area contributed by atoms with Gasteiger partial charge in [0.25, 0.3) is 0 Å². The minimum atomic E-state index is -0.349. The summed E-state index contributed by atoms with van der Waals surface area (Å²) in [5.41, 5.74) is 3.35. The molecule has 0 unspecified atom stereocenters. The van der Waals surface area contributed by atoms with Crippen molar-refractivity contribution in [3.05, 3.63) is 95.6 Å². The molecule has 0 fully saturated rings. The molecule has 0 aliphatic rings. The first-order valence-electron chi connectivity index (χ1n) is 8.76. The molecule has 140 valence electrons. The summed E-state index contributed by atoms with van der Waals surface area (Å²) in [5.74, 6) is 0.432. The van der Waals surface area contributed by atoms with E-state index in [-0.39, 0.29) is 11.6 Å². The van der Waals surface area contributed by atoms with Crippen LogP contribution < -0.4 is 0 Å². The standard InChI is InChI=1S/C22H17F2N3S/c1-15-6-12-18(13-7-15)27-21(19-4-2-3-5-20(19)24)25-26-22(27)28-14-16-8-10-17(23)11-9-16/h2-13H,14H2,1H3. The normalized spacial score (nSPS) is 11.0. The first-order chi connectivity index (χ1) is 13.6. The Labute approximate surface area is 166 Å². The van der Waals surface area contributed by atoms with Crippen LogP contribution in [0.15, 0.2) is 78.0 Å². The van der Waals surface area contributed by atoms with Crippen molar-refractivity contribution in [3.63, 3.8) is 0 Å². The monoisotopic (exact) mass is 393 g/mol. The average molecular weight is 393 g/mol. The van der Waals surface area contributed by atoms with E-state index in [4.69, 9.17) is 0 Å². The van der Waals surface area contributed by atoms with Crippen LogP contribution in [0.25, 0.3) is 17.1 Å². The molecule has 4 aromatic rings. The Hall–Kier alpha value is -2.99. The van der Waals surface area contributed by atoms with Gasteiger partial charge in [-0.1, -0.05) is 53.7 Å². The predicted molar refractivity (Wildman–Crippen MR) is 107 cm³/mol. The highest BCUT2D eigenvalue weighted by atomic mass is 32.2. The molecule has 28 heavy (non-hydrogen) atoms. The molecule has 0 saturated carbocycles. The molecule has 0 N–H and O–H groups in total. The highest BCUT2D eigenvalue weighted by Gasteiger charge is 2.18. The Morgan fingerprint density at radius 2 is 1.57 bits per heavy atom. The van der Waals surface area contributed by atoms with Gasteiger partial charge in [0.15, 0.2) is 11.0 Å². The number of aromatic nitrogens is 3. The zero-order valence-corrected chi connectivity index (χ0v) is 16.0. The molecule has 4 rings (SSSR count). The molecule has 0 spiro atoms. The maximum atomic E-state index is 14.4. The number of benzene rings is 3. The zero-order chi connectivity index (χ0) is 19.5. The minimum absolute atomic E-state index is 0.265. The van der Waals surface area contributed by atoms with E-state index in [0.29, 0.717) is 22.3 Å². The van der Waals surface area contributed by atoms with Crippen LogP contribution >= 0.6 is 11.8 Å². The molecule has 0 amide bonds. The second-order valence-corrected chi connectivity index (χ2v) is 7.31. The Bertz CT molecular complexity index is 1090. The highest BCUT2D eigenvalue weighted by Crippen LogP contribution is 2.31. The number of halogens is 2. The third-order valence-electron chi connectivity index (χ3n) is 4.32. The van der Waals surface area contributed by atoms with Gasteiger partial charge in [-0.15, -0.1) is 10.2 Å².